The van der Waals surface area contributed by atoms with Crippen LogP contribution >= 0.6 is 0 Å². The van der Waals surface area contributed by atoms with Gasteiger partial charge in [0.15, 0.2) is 5.76 Å². The van der Waals surface area contributed by atoms with E-state index in [1.165, 1.54) is 11.1 Å². The maximum Gasteiger partial charge on any atom is 0.313 e. The van der Waals surface area contributed by atoms with Crippen molar-refractivity contribution >= 4 is 17.2 Å². The minimum atomic E-state index is -1.21. The third kappa shape index (κ3) is 4.57. The van der Waals surface area contributed by atoms with E-state index in [-0.39, 0.29) is 6.10 Å². The van der Waals surface area contributed by atoms with Crippen LogP contribution < -0.4 is 5.32 Å². The van der Waals surface area contributed by atoms with E-state index < -0.39 is 17.8 Å². The van der Waals surface area contributed by atoms with E-state index in [1.54, 1.807) is 0 Å². The second-order valence-electron chi connectivity index (χ2n) is 10.5. The highest BCUT2D eigenvalue weighted by Crippen LogP contribution is 2.54. The van der Waals surface area contributed by atoms with Crippen LogP contribution in [0.1, 0.15) is 67.0 Å². The summed E-state index contributed by atoms with van der Waals surface area (Å²) in [5.74, 6) is -0.159. The highest BCUT2D eigenvalue weighted by atomic mass is 16.6. The van der Waals surface area contributed by atoms with Gasteiger partial charge in [-0.05, 0) is 74.1 Å². The number of aliphatic carboxylic acids is 1. The molecule has 0 radical (unpaired) electrons. The van der Waals surface area contributed by atoms with Crippen molar-refractivity contribution in [2.75, 3.05) is 5.32 Å². The number of anilines is 1. The zero-order valence-corrected chi connectivity index (χ0v) is 21.4. The number of aryl methyl sites for hydroxylation is 2. The van der Waals surface area contributed by atoms with Crippen molar-refractivity contribution in [2.45, 2.75) is 64.4 Å². The number of ether oxygens (including phenoxy) is 1. The van der Waals surface area contributed by atoms with Gasteiger partial charge in [0, 0.05) is 5.56 Å². The Morgan fingerprint density at radius 3 is 2.55 bits per heavy atom. The van der Waals surface area contributed by atoms with Crippen LogP contribution in [0.25, 0.3) is 16.9 Å². The number of carboxylic acid groups (broad SMARTS) is 1. The summed E-state index contributed by atoms with van der Waals surface area (Å²) in [7, 11) is 0. The molecule has 1 aromatic heterocycles. The summed E-state index contributed by atoms with van der Waals surface area (Å²) in [5.41, 5.74) is 7.17. The molecule has 6 rings (SSSR count). The molecule has 3 aliphatic carbocycles. The van der Waals surface area contributed by atoms with Gasteiger partial charge in [-0.25, -0.2) is 0 Å². The largest absolute Gasteiger partial charge is 0.481 e. The lowest BCUT2D eigenvalue weighted by Crippen LogP contribution is -2.27. The maximum atomic E-state index is 11.6. The average molecular weight is 513 g/mol. The van der Waals surface area contributed by atoms with E-state index in [0.717, 1.165) is 67.2 Å². The number of nitrogens with one attached hydrogen (secondary N) is 1. The first-order valence-corrected chi connectivity index (χ1v) is 13.3. The fourth-order valence-electron chi connectivity index (χ4n) is 5.81. The van der Waals surface area contributed by atoms with Gasteiger partial charge in [-0.2, -0.15) is 0 Å². The standard InChI is InChI=1S/C31H32N2O5/c1-19-27(32-30(36)37-26-8-4-6-22-5-2-3-7-25(22)26)28(38-33-19)23-11-9-20(10-12-23)21-13-15-24(16-14-21)31(17-18-31)29(34)35/h2-3,5,7,9-13,15,26,30,32,36H,4,6,8,14,16-18H2,1H3,(H,34,35). The molecule has 7 nitrogen and oxygen atoms in total. The minimum Gasteiger partial charge on any atom is -0.481 e. The molecule has 0 saturated heterocycles. The molecule has 38 heavy (non-hydrogen) atoms. The Morgan fingerprint density at radius 2 is 1.84 bits per heavy atom. The number of fused-ring (bicyclic) bond motifs is 1. The normalized spacial score (nSPS) is 20.6. The van der Waals surface area contributed by atoms with Gasteiger partial charge in [-0.3, -0.25) is 4.79 Å². The van der Waals surface area contributed by atoms with Gasteiger partial charge in [0.1, 0.15) is 11.4 Å². The summed E-state index contributed by atoms with van der Waals surface area (Å²) in [6.45, 7) is 1.83. The molecule has 0 bridgehead atoms. The Hall–Kier alpha value is -3.68. The topological polar surface area (TPSA) is 105 Å². The number of aliphatic hydroxyl groups excluding tert-OH is 1. The molecule has 0 spiro atoms. The van der Waals surface area contributed by atoms with Crippen LogP contribution in [0.2, 0.25) is 0 Å². The van der Waals surface area contributed by atoms with E-state index in [1.807, 2.05) is 49.4 Å². The van der Waals surface area contributed by atoms with Gasteiger partial charge >= 0.3 is 5.97 Å². The van der Waals surface area contributed by atoms with Crippen LogP contribution in [0, 0.1) is 12.3 Å². The lowest BCUT2D eigenvalue weighted by molar-refractivity contribution is -0.141. The highest BCUT2D eigenvalue weighted by Gasteiger charge is 2.52. The summed E-state index contributed by atoms with van der Waals surface area (Å²) >= 11 is 0. The number of aliphatic hydroxyl groups is 1. The molecule has 1 saturated carbocycles. The van der Waals surface area contributed by atoms with E-state index >= 15 is 0 Å². The Kier molecular flexibility index (Phi) is 6.41. The van der Waals surface area contributed by atoms with E-state index in [9.17, 15) is 15.0 Å². The van der Waals surface area contributed by atoms with Crippen LogP contribution in [-0.4, -0.2) is 27.8 Å². The number of hydrogen-bond donors (Lipinski definition) is 3. The van der Waals surface area contributed by atoms with Gasteiger partial charge in [-0.15, -0.1) is 0 Å². The van der Waals surface area contributed by atoms with Gasteiger partial charge in [-0.1, -0.05) is 71.4 Å². The molecule has 3 N–H and O–H groups in total. The zero-order valence-electron chi connectivity index (χ0n) is 21.4. The number of benzene rings is 2. The molecule has 2 aromatic carbocycles. The monoisotopic (exact) mass is 512 g/mol. The van der Waals surface area contributed by atoms with E-state index in [0.29, 0.717) is 17.1 Å². The first-order chi connectivity index (χ1) is 18.4. The van der Waals surface area contributed by atoms with Crippen LogP contribution in [0.4, 0.5) is 5.69 Å². The molecule has 3 aliphatic rings. The first kappa shape index (κ1) is 24.6. The molecular weight excluding hydrogens is 480 g/mol. The van der Waals surface area contributed by atoms with Crippen molar-refractivity contribution in [1.29, 1.82) is 0 Å². The van der Waals surface area contributed by atoms with Crippen molar-refractivity contribution in [2.24, 2.45) is 5.41 Å². The van der Waals surface area contributed by atoms with Crippen LogP contribution in [0.3, 0.4) is 0 Å². The van der Waals surface area contributed by atoms with Crippen LogP contribution in [0.5, 0.6) is 0 Å². The predicted molar refractivity (Wildman–Crippen MR) is 144 cm³/mol. The number of carbonyl (C=O) groups is 1. The quantitative estimate of drug-likeness (QED) is 0.300. The molecule has 2 atom stereocenters. The second-order valence-corrected chi connectivity index (χ2v) is 10.5. The zero-order chi connectivity index (χ0) is 26.3. The Labute approximate surface area is 221 Å². The molecule has 0 amide bonds. The fraction of sp³-hybridized carbons (Fsp3) is 0.355. The molecular formula is C31H32N2O5. The Balaban J connectivity index is 1.16. The predicted octanol–water partition coefficient (Wildman–Crippen LogP) is 6.40. The van der Waals surface area contributed by atoms with Crippen molar-refractivity contribution in [3.8, 4) is 11.3 Å². The molecule has 2 unspecified atom stereocenters. The average Bonchev–Trinajstić information content (AvgIpc) is 3.68. The SMILES string of the molecule is Cc1noc(-c2ccc(C3=CC=C(C4(C(=O)O)CC4)CC3)cc2)c1NC(O)OC1CCCc2ccccc21. The van der Waals surface area contributed by atoms with Crippen molar-refractivity contribution in [3.63, 3.8) is 0 Å². The molecule has 1 fully saturated rings. The summed E-state index contributed by atoms with van der Waals surface area (Å²) < 4.78 is 11.6. The summed E-state index contributed by atoms with van der Waals surface area (Å²) in [6, 6.07) is 16.3. The van der Waals surface area contributed by atoms with E-state index in [4.69, 9.17) is 9.26 Å². The lowest BCUT2D eigenvalue weighted by atomic mass is 9.85. The molecule has 0 aliphatic heterocycles. The first-order valence-electron chi connectivity index (χ1n) is 13.3. The van der Waals surface area contributed by atoms with Crippen molar-refractivity contribution in [3.05, 3.63) is 88.6 Å². The third-order valence-corrected chi connectivity index (χ3v) is 8.18. The molecule has 7 heteroatoms. The number of aromatic nitrogens is 1. The number of nitrogens with zero attached hydrogens (tertiary/aromatic N) is 1. The fourth-order valence-corrected chi connectivity index (χ4v) is 5.81. The lowest BCUT2D eigenvalue weighted by Gasteiger charge is -2.28. The molecule has 196 valence electrons. The number of rotatable bonds is 8. The molecule has 1 heterocycles. The number of hydrogen-bond acceptors (Lipinski definition) is 6. The minimum absolute atomic E-state index is 0.172. The smallest absolute Gasteiger partial charge is 0.313 e. The van der Waals surface area contributed by atoms with Gasteiger partial charge < -0.3 is 24.8 Å². The van der Waals surface area contributed by atoms with Crippen molar-refractivity contribution < 1.29 is 24.3 Å². The molecule has 3 aromatic rings. The van der Waals surface area contributed by atoms with Gasteiger partial charge in [0.05, 0.1) is 11.5 Å². The number of carboxylic acids is 1. The van der Waals surface area contributed by atoms with Crippen LogP contribution in [-0.2, 0) is 16.0 Å². The summed E-state index contributed by atoms with van der Waals surface area (Å²) in [6.07, 6.45) is 8.66. The van der Waals surface area contributed by atoms with Crippen LogP contribution in [0.15, 0.2) is 70.8 Å². The van der Waals surface area contributed by atoms with Crippen molar-refractivity contribution in [1.82, 2.24) is 5.16 Å². The number of allylic oxidation sites excluding steroid dienone is 3. The summed E-state index contributed by atoms with van der Waals surface area (Å²) in [5, 5.41) is 27.5. The second kappa shape index (κ2) is 9.89. The van der Waals surface area contributed by atoms with E-state index in [2.05, 4.69) is 28.7 Å². The highest BCUT2D eigenvalue weighted by molar-refractivity contribution is 5.83. The Bertz CT molecular complexity index is 1410. The Morgan fingerprint density at radius 1 is 1.08 bits per heavy atom. The van der Waals surface area contributed by atoms with Gasteiger partial charge in [0.25, 0.3) is 0 Å². The third-order valence-electron chi connectivity index (χ3n) is 8.18. The maximum absolute atomic E-state index is 11.6. The summed E-state index contributed by atoms with van der Waals surface area (Å²) in [4.78, 5) is 11.6. The van der Waals surface area contributed by atoms with Gasteiger partial charge in [0.2, 0.25) is 6.41 Å².